The number of hydrazine groups is 1. The first-order chi connectivity index (χ1) is 5.17. The fourth-order valence-corrected chi connectivity index (χ4v) is 0.710. The van der Waals surface area contributed by atoms with Crippen molar-refractivity contribution in [2.24, 2.45) is 5.73 Å². The molecule has 0 fully saturated rings. The summed E-state index contributed by atoms with van der Waals surface area (Å²) in [7, 11) is 1.67. The van der Waals surface area contributed by atoms with Gasteiger partial charge in [0.25, 0.3) is 5.91 Å². The number of primary amides is 1. The van der Waals surface area contributed by atoms with Gasteiger partial charge in [-0.05, 0) is 6.92 Å². The van der Waals surface area contributed by atoms with Crippen LogP contribution in [0.25, 0.3) is 0 Å². The molecule has 11 heavy (non-hydrogen) atoms. The SMILES string of the molecule is C=CN(NC)C(=CC)C(N)=O. The third kappa shape index (κ3) is 2.43. The highest BCUT2D eigenvalue weighted by Crippen LogP contribution is 1.98. The van der Waals surface area contributed by atoms with Gasteiger partial charge in [0.2, 0.25) is 0 Å². The minimum Gasteiger partial charge on any atom is -0.364 e. The summed E-state index contributed by atoms with van der Waals surface area (Å²) in [6, 6.07) is 0. The van der Waals surface area contributed by atoms with E-state index in [2.05, 4.69) is 12.0 Å². The van der Waals surface area contributed by atoms with E-state index in [4.69, 9.17) is 5.73 Å². The summed E-state index contributed by atoms with van der Waals surface area (Å²) in [6.07, 6.45) is 3.08. The average Bonchev–Trinajstić information content (AvgIpc) is 1.99. The van der Waals surface area contributed by atoms with Crippen LogP contribution >= 0.6 is 0 Å². The highest BCUT2D eigenvalue weighted by molar-refractivity contribution is 5.91. The highest BCUT2D eigenvalue weighted by Gasteiger charge is 2.07. The van der Waals surface area contributed by atoms with Crippen molar-refractivity contribution in [3.63, 3.8) is 0 Å². The second-order valence-corrected chi connectivity index (χ2v) is 1.81. The van der Waals surface area contributed by atoms with Gasteiger partial charge in [-0.2, -0.15) is 0 Å². The van der Waals surface area contributed by atoms with E-state index in [0.717, 1.165) is 0 Å². The van der Waals surface area contributed by atoms with Gasteiger partial charge in [0, 0.05) is 13.2 Å². The van der Waals surface area contributed by atoms with Crippen molar-refractivity contribution in [1.82, 2.24) is 10.4 Å². The molecule has 0 atom stereocenters. The molecule has 0 aliphatic heterocycles. The quantitative estimate of drug-likeness (QED) is 0.442. The molecule has 0 saturated heterocycles. The molecule has 0 rings (SSSR count). The van der Waals surface area contributed by atoms with Gasteiger partial charge in [-0.25, -0.2) is 5.43 Å². The van der Waals surface area contributed by atoms with Crippen LogP contribution in [0.3, 0.4) is 0 Å². The van der Waals surface area contributed by atoms with Gasteiger partial charge < -0.3 is 5.73 Å². The lowest BCUT2D eigenvalue weighted by molar-refractivity contribution is -0.116. The third-order valence-corrected chi connectivity index (χ3v) is 1.21. The van der Waals surface area contributed by atoms with Crippen molar-refractivity contribution in [2.75, 3.05) is 7.05 Å². The van der Waals surface area contributed by atoms with Gasteiger partial charge in [-0.3, -0.25) is 9.80 Å². The molecule has 0 saturated carbocycles. The van der Waals surface area contributed by atoms with Crippen LogP contribution in [0.5, 0.6) is 0 Å². The van der Waals surface area contributed by atoms with E-state index in [1.165, 1.54) is 11.2 Å². The molecule has 0 bridgehead atoms. The molecule has 0 aromatic heterocycles. The molecule has 62 valence electrons. The number of hydrogen-bond acceptors (Lipinski definition) is 3. The molecule has 3 N–H and O–H groups in total. The number of nitrogens with one attached hydrogen (secondary N) is 1. The zero-order valence-electron chi connectivity index (χ0n) is 6.79. The monoisotopic (exact) mass is 155 g/mol. The molecule has 0 unspecified atom stereocenters. The minimum absolute atomic E-state index is 0.377. The van der Waals surface area contributed by atoms with Gasteiger partial charge in [0.15, 0.2) is 0 Å². The van der Waals surface area contributed by atoms with Crippen molar-refractivity contribution in [3.05, 3.63) is 24.6 Å². The first-order valence-corrected chi connectivity index (χ1v) is 3.22. The normalized spacial score (nSPS) is 10.9. The van der Waals surface area contributed by atoms with Crippen LogP contribution in [0.15, 0.2) is 24.6 Å². The maximum atomic E-state index is 10.7. The first kappa shape index (κ1) is 9.71. The predicted molar refractivity (Wildman–Crippen MR) is 44.0 cm³/mol. The molecule has 4 heteroatoms. The summed E-state index contributed by atoms with van der Waals surface area (Å²) in [6.45, 7) is 5.23. The Bertz CT molecular complexity index is 186. The first-order valence-electron chi connectivity index (χ1n) is 3.22. The second kappa shape index (κ2) is 4.51. The lowest BCUT2D eigenvalue weighted by atomic mass is 10.4. The molecular formula is C7H13N3O. The molecule has 0 aliphatic rings. The average molecular weight is 155 g/mol. The topological polar surface area (TPSA) is 58.4 Å². The summed E-state index contributed by atoms with van der Waals surface area (Å²) < 4.78 is 0. The zero-order valence-corrected chi connectivity index (χ0v) is 6.79. The van der Waals surface area contributed by atoms with E-state index in [1.54, 1.807) is 20.0 Å². The Morgan fingerprint density at radius 3 is 2.36 bits per heavy atom. The highest BCUT2D eigenvalue weighted by atomic mass is 16.1. The molecule has 0 aliphatic carbocycles. The second-order valence-electron chi connectivity index (χ2n) is 1.81. The van der Waals surface area contributed by atoms with Crippen molar-refractivity contribution >= 4 is 5.91 Å². The fourth-order valence-electron chi connectivity index (χ4n) is 0.710. The van der Waals surface area contributed by atoms with Crippen LogP contribution in [0, 0.1) is 0 Å². The number of rotatable bonds is 4. The van der Waals surface area contributed by atoms with Gasteiger partial charge in [0.1, 0.15) is 5.70 Å². The molecule has 0 aromatic carbocycles. The summed E-state index contributed by atoms with van der Waals surface area (Å²) in [5.74, 6) is -0.484. The van der Waals surface area contributed by atoms with Gasteiger partial charge in [-0.15, -0.1) is 0 Å². The van der Waals surface area contributed by atoms with Crippen LogP contribution in [-0.2, 0) is 4.79 Å². The van der Waals surface area contributed by atoms with Crippen molar-refractivity contribution in [3.8, 4) is 0 Å². The van der Waals surface area contributed by atoms with Crippen LogP contribution in [0.1, 0.15) is 6.92 Å². The number of nitrogens with two attached hydrogens (primary N) is 1. The largest absolute Gasteiger partial charge is 0.364 e. The number of carbonyl (C=O) groups excluding carboxylic acids is 1. The van der Waals surface area contributed by atoms with Crippen LogP contribution in [-0.4, -0.2) is 18.0 Å². The van der Waals surface area contributed by atoms with E-state index in [9.17, 15) is 4.79 Å². The summed E-state index contributed by atoms with van der Waals surface area (Å²) in [5.41, 5.74) is 8.17. The van der Waals surface area contributed by atoms with Gasteiger partial charge in [0.05, 0.1) is 0 Å². The van der Waals surface area contributed by atoms with Gasteiger partial charge >= 0.3 is 0 Å². The summed E-state index contributed by atoms with van der Waals surface area (Å²) in [5, 5.41) is 1.45. The standard InChI is InChI=1S/C7H13N3O/c1-4-6(7(8)11)10(5-2)9-3/h4-5,9H,2H2,1,3H3,(H2,8,11). The number of allylic oxidation sites excluding steroid dienone is 1. The van der Waals surface area contributed by atoms with Crippen LogP contribution < -0.4 is 11.2 Å². The van der Waals surface area contributed by atoms with Crippen molar-refractivity contribution < 1.29 is 4.79 Å². The Morgan fingerprint density at radius 1 is 1.73 bits per heavy atom. The Labute approximate surface area is 66.3 Å². The molecule has 0 radical (unpaired) electrons. The van der Waals surface area contributed by atoms with E-state index >= 15 is 0 Å². The summed E-state index contributed by atoms with van der Waals surface area (Å²) in [4.78, 5) is 10.7. The molecular weight excluding hydrogens is 142 g/mol. The van der Waals surface area contributed by atoms with Crippen molar-refractivity contribution in [1.29, 1.82) is 0 Å². The number of amides is 1. The van der Waals surface area contributed by atoms with E-state index in [-0.39, 0.29) is 0 Å². The molecule has 0 heterocycles. The smallest absolute Gasteiger partial charge is 0.266 e. The Kier molecular flexibility index (Phi) is 3.98. The summed E-state index contributed by atoms with van der Waals surface area (Å²) >= 11 is 0. The zero-order chi connectivity index (χ0) is 8.85. The van der Waals surface area contributed by atoms with Gasteiger partial charge in [-0.1, -0.05) is 12.7 Å². The Hall–Kier alpha value is -1.29. The Balaban J connectivity index is 4.48. The lowest BCUT2D eigenvalue weighted by Gasteiger charge is -2.18. The minimum atomic E-state index is -0.484. The number of carbonyl (C=O) groups is 1. The van der Waals surface area contributed by atoms with E-state index in [1.807, 2.05) is 0 Å². The van der Waals surface area contributed by atoms with Crippen LogP contribution in [0.2, 0.25) is 0 Å². The third-order valence-electron chi connectivity index (χ3n) is 1.21. The number of nitrogens with zero attached hydrogens (tertiary/aromatic N) is 1. The van der Waals surface area contributed by atoms with Crippen LogP contribution in [0.4, 0.5) is 0 Å². The van der Waals surface area contributed by atoms with E-state index in [0.29, 0.717) is 5.70 Å². The lowest BCUT2D eigenvalue weighted by Crippen LogP contribution is -2.35. The maximum absolute atomic E-state index is 10.7. The van der Waals surface area contributed by atoms with E-state index < -0.39 is 5.91 Å². The predicted octanol–water partition coefficient (Wildman–Crippen LogP) is -0.0446. The maximum Gasteiger partial charge on any atom is 0.266 e. The molecule has 0 aromatic rings. The Morgan fingerprint density at radius 2 is 2.27 bits per heavy atom. The molecule has 0 spiro atoms. The molecule has 1 amide bonds. The van der Waals surface area contributed by atoms with Crippen molar-refractivity contribution in [2.45, 2.75) is 6.92 Å². The molecule has 4 nitrogen and oxygen atoms in total. The number of hydrogen-bond donors (Lipinski definition) is 2. The fraction of sp³-hybridized carbons (Fsp3) is 0.286.